The first kappa shape index (κ1) is 12.7. The van der Waals surface area contributed by atoms with E-state index in [2.05, 4.69) is 4.98 Å². The Hall–Kier alpha value is -2.30. The highest BCUT2D eigenvalue weighted by Gasteiger charge is 2.37. The maximum absolute atomic E-state index is 12.6. The number of carbonyl (C=O) groups excluding carboxylic acids is 1. The Bertz CT molecular complexity index is 677. The van der Waals surface area contributed by atoms with Gasteiger partial charge in [0.15, 0.2) is 0 Å². The van der Waals surface area contributed by atoms with Crippen LogP contribution in [0.4, 0.5) is 0 Å². The summed E-state index contributed by atoms with van der Waals surface area (Å²) in [6.07, 6.45) is 1.80. The van der Waals surface area contributed by atoms with Crippen molar-refractivity contribution in [3.63, 3.8) is 0 Å². The van der Waals surface area contributed by atoms with E-state index < -0.39 is 11.9 Å². The van der Waals surface area contributed by atoms with E-state index in [1.54, 1.807) is 17.2 Å². The molecule has 2 heterocycles. The number of H-pyrrole nitrogens is 1. The standard InChI is InChI=1S/C15H16N2O3/c1-9-7-17(8-12(9)15(19)20)14(18)11-4-2-3-10-5-6-16-13(10)11/h2-6,9,12,16H,7-8H2,1H3,(H,19,20)/t9-,12-/m1/s1. The Morgan fingerprint density at radius 2 is 2.10 bits per heavy atom. The normalized spacial score (nSPS) is 22.4. The van der Waals surface area contributed by atoms with Crippen molar-refractivity contribution < 1.29 is 14.7 Å². The average Bonchev–Trinajstić information content (AvgIpc) is 3.03. The monoisotopic (exact) mass is 272 g/mol. The van der Waals surface area contributed by atoms with Gasteiger partial charge in [0.1, 0.15) is 0 Å². The molecule has 3 rings (SSSR count). The summed E-state index contributed by atoms with van der Waals surface area (Å²) in [5.74, 6) is -1.42. The first-order valence-corrected chi connectivity index (χ1v) is 6.66. The number of benzene rings is 1. The summed E-state index contributed by atoms with van der Waals surface area (Å²) in [6, 6.07) is 7.48. The molecule has 20 heavy (non-hydrogen) atoms. The number of fused-ring (bicyclic) bond motifs is 1. The Kier molecular flexibility index (Phi) is 2.97. The van der Waals surface area contributed by atoms with Crippen LogP contribution >= 0.6 is 0 Å². The van der Waals surface area contributed by atoms with E-state index in [-0.39, 0.29) is 18.4 Å². The van der Waals surface area contributed by atoms with Crippen molar-refractivity contribution >= 4 is 22.8 Å². The third-order valence-corrected chi connectivity index (χ3v) is 4.03. The molecule has 0 aliphatic carbocycles. The van der Waals surface area contributed by atoms with Crippen molar-refractivity contribution in [1.29, 1.82) is 0 Å². The van der Waals surface area contributed by atoms with Gasteiger partial charge in [-0.15, -0.1) is 0 Å². The largest absolute Gasteiger partial charge is 0.481 e. The number of aromatic amines is 1. The lowest BCUT2D eigenvalue weighted by molar-refractivity contribution is -0.142. The van der Waals surface area contributed by atoms with Gasteiger partial charge >= 0.3 is 5.97 Å². The molecule has 0 spiro atoms. The van der Waals surface area contributed by atoms with Crippen molar-refractivity contribution in [3.8, 4) is 0 Å². The van der Waals surface area contributed by atoms with E-state index in [1.807, 2.05) is 25.1 Å². The van der Waals surface area contributed by atoms with Gasteiger partial charge < -0.3 is 15.0 Å². The minimum atomic E-state index is -0.828. The van der Waals surface area contributed by atoms with Gasteiger partial charge in [0.25, 0.3) is 5.91 Å². The predicted molar refractivity (Wildman–Crippen MR) is 74.5 cm³/mol. The van der Waals surface area contributed by atoms with Crippen LogP contribution in [0, 0.1) is 11.8 Å². The third kappa shape index (κ3) is 1.95. The highest BCUT2D eigenvalue weighted by atomic mass is 16.4. The summed E-state index contributed by atoms with van der Waals surface area (Å²) in [4.78, 5) is 28.4. The van der Waals surface area contributed by atoms with Crippen molar-refractivity contribution in [2.24, 2.45) is 11.8 Å². The zero-order valence-corrected chi connectivity index (χ0v) is 11.2. The van der Waals surface area contributed by atoms with Crippen LogP contribution in [0.3, 0.4) is 0 Å². The van der Waals surface area contributed by atoms with E-state index in [0.29, 0.717) is 12.1 Å². The van der Waals surface area contributed by atoms with Gasteiger partial charge in [0.2, 0.25) is 0 Å². The number of rotatable bonds is 2. The maximum atomic E-state index is 12.6. The molecule has 0 unspecified atom stereocenters. The van der Waals surface area contributed by atoms with Gasteiger partial charge in [-0.1, -0.05) is 19.1 Å². The van der Waals surface area contributed by atoms with Gasteiger partial charge in [-0.05, 0) is 18.1 Å². The van der Waals surface area contributed by atoms with E-state index in [9.17, 15) is 9.59 Å². The summed E-state index contributed by atoms with van der Waals surface area (Å²) in [7, 11) is 0. The van der Waals surface area contributed by atoms with Crippen LogP contribution in [0.25, 0.3) is 10.9 Å². The fourth-order valence-corrected chi connectivity index (χ4v) is 2.89. The number of carboxylic acid groups (broad SMARTS) is 1. The Balaban J connectivity index is 1.90. The number of nitrogens with zero attached hydrogens (tertiary/aromatic N) is 1. The molecule has 1 aliphatic rings. The minimum absolute atomic E-state index is 0.0145. The molecule has 2 atom stereocenters. The van der Waals surface area contributed by atoms with Crippen molar-refractivity contribution in [1.82, 2.24) is 9.88 Å². The second-order valence-electron chi connectivity index (χ2n) is 5.38. The Labute approximate surface area is 116 Å². The van der Waals surface area contributed by atoms with Crippen LogP contribution in [0.15, 0.2) is 30.5 Å². The number of aliphatic carboxylic acids is 1. The number of likely N-dealkylation sites (tertiary alicyclic amines) is 1. The number of hydrogen-bond donors (Lipinski definition) is 2. The van der Waals surface area contributed by atoms with Gasteiger partial charge in [0.05, 0.1) is 17.0 Å². The molecule has 5 heteroatoms. The first-order valence-electron chi connectivity index (χ1n) is 6.66. The lowest BCUT2D eigenvalue weighted by Crippen LogP contribution is -2.30. The number of hydrogen-bond acceptors (Lipinski definition) is 2. The molecule has 1 aromatic heterocycles. The lowest BCUT2D eigenvalue weighted by Gasteiger charge is -2.16. The molecule has 0 bridgehead atoms. The summed E-state index contributed by atoms with van der Waals surface area (Å²) in [6.45, 7) is 2.65. The summed E-state index contributed by atoms with van der Waals surface area (Å²) in [5.41, 5.74) is 1.41. The quantitative estimate of drug-likeness (QED) is 0.877. The highest BCUT2D eigenvalue weighted by Crippen LogP contribution is 2.26. The molecular weight excluding hydrogens is 256 g/mol. The molecule has 5 nitrogen and oxygen atoms in total. The maximum Gasteiger partial charge on any atom is 0.308 e. The first-order chi connectivity index (χ1) is 9.58. The van der Waals surface area contributed by atoms with Crippen molar-refractivity contribution in [2.45, 2.75) is 6.92 Å². The summed E-state index contributed by atoms with van der Waals surface area (Å²) >= 11 is 0. The topological polar surface area (TPSA) is 73.4 Å². The van der Waals surface area contributed by atoms with Crippen LogP contribution < -0.4 is 0 Å². The average molecular weight is 272 g/mol. The molecule has 1 aliphatic heterocycles. The minimum Gasteiger partial charge on any atom is -0.481 e. The van der Waals surface area contributed by atoms with Gasteiger partial charge in [-0.25, -0.2) is 0 Å². The van der Waals surface area contributed by atoms with E-state index in [0.717, 1.165) is 10.9 Å². The second kappa shape index (κ2) is 4.67. The van der Waals surface area contributed by atoms with Gasteiger partial charge in [0, 0.05) is 24.7 Å². The molecule has 0 radical (unpaired) electrons. The molecule has 1 fully saturated rings. The zero-order chi connectivity index (χ0) is 14.3. The van der Waals surface area contributed by atoms with Crippen molar-refractivity contribution in [2.75, 3.05) is 13.1 Å². The number of nitrogens with one attached hydrogen (secondary N) is 1. The zero-order valence-electron chi connectivity index (χ0n) is 11.2. The van der Waals surface area contributed by atoms with Crippen LogP contribution in [0.1, 0.15) is 17.3 Å². The SMILES string of the molecule is C[C@@H]1CN(C(=O)c2cccc3cc[nH]c23)C[C@H]1C(=O)O. The van der Waals surface area contributed by atoms with Crippen LogP contribution in [0.2, 0.25) is 0 Å². The summed E-state index contributed by atoms with van der Waals surface area (Å²) in [5, 5.41) is 10.1. The molecular formula is C15H16N2O3. The van der Waals surface area contributed by atoms with Crippen LogP contribution in [-0.2, 0) is 4.79 Å². The molecule has 1 aromatic carbocycles. The van der Waals surface area contributed by atoms with E-state index >= 15 is 0 Å². The van der Waals surface area contributed by atoms with E-state index in [4.69, 9.17) is 5.11 Å². The second-order valence-corrected chi connectivity index (χ2v) is 5.38. The molecule has 1 amide bonds. The molecule has 2 N–H and O–H groups in total. The van der Waals surface area contributed by atoms with Crippen LogP contribution in [-0.4, -0.2) is 40.0 Å². The fraction of sp³-hybridized carbons (Fsp3) is 0.333. The fourth-order valence-electron chi connectivity index (χ4n) is 2.89. The third-order valence-electron chi connectivity index (χ3n) is 4.03. The molecule has 0 saturated carbocycles. The van der Waals surface area contributed by atoms with Crippen LogP contribution in [0.5, 0.6) is 0 Å². The lowest BCUT2D eigenvalue weighted by atomic mass is 9.99. The number of para-hydroxylation sites is 1. The highest BCUT2D eigenvalue weighted by molar-refractivity contribution is 6.05. The van der Waals surface area contributed by atoms with Gasteiger partial charge in [-0.2, -0.15) is 0 Å². The number of carbonyl (C=O) groups is 2. The number of amides is 1. The Morgan fingerprint density at radius 1 is 1.30 bits per heavy atom. The summed E-state index contributed by atoms with van der Waals surface area (Å²) < 4.78 is 0. The molecule has 104 valence electrons. The predicted octanol–water partition coefficient (Wildman–Crippen LogP) is 1.96. The van der Waals surface area contributed by atoms with Gasteiger partial charge in [-0.3, -0.25) is 9.59 Å². The molecule has 1 saturated heterocycles. The number of carboxylic acids is 1. The smallest absolute Gasteiger partial charge is 0.308 e. The number of aromatic nitrogens is 1. The Morgan fingerprint density at radius 3 is 2.80 bits per heavy atom. The molecule has 2 aromatic rings. The van der Waals surface area contributed by atoms with Crippen molar-refractivity contribution in [3.05, 3.63) is 36.0 Å². The van der Waals surface area contributed by atoms with E-state index in [1.165, 1.54) is 0 Å².